The molecule has 0 saturated heterocycles. The molecule has 212 valence electrons. The molecule has 7 rings (SSSR count). The van der Waals surface area contributed by atoms with Crippen LogP contribution in [0.2, 0.25) is 0 Å². The number of hydrogen-bond donors (Lipinski definition) is 0. The molecule has 8 heteroatoms. The van der Waals surface area contributed by atoms with Gasteiger partial charge in [-0.1, -0.05) is 78.1 Å². The Morgan fingerprint density at radius 3 is 1.63 bits per heavy atom. The molecule has 0 saturated carbocycles. The number of hydrogen-bond acceptors (Lipinski definition) is 7. The van der Waals surface area contributed by atoms with Gasteiger partial charge in [0.25, 0.3) is 0 Å². The Morgan fingerprint density at radius 1 is 0.558 bits per heavy atom. The molecule has 0 aliphatic carbocycles. The molecule has 5 aromatic rings. The summed E-state index contributed by atoms with van der Waals surface area (Å²) in [5.41, 5.74) is 4.60. The van der Waals surface area contributed by atoms with E-state index in [-0.39, 0.29) is 21.1 Å². The Hall–Kier alpha value is -4.87. The van der Waals surface area contributed by atoms with Crippen molar-refractivity contribution in [3.8, 4) is 11.5 Å². The number of hydrazone groups is 2. The van der Waals surface area contributed by atoms with Crippen molar-refractivity contribution in [3.63, 3.8) is 0 Å². The molecule has 0 atom stereocenters. The van der Waals surface area contributed by atoms with Crippen LogP contribution in [0.15, 0.2) is 138 Å². The first-order valence-corrected chi connectivity index (χ1v) is 13.6. The van der Waals surface area contributed by atoms with E-state index in [9.17, 15) is 0 Å². The van der Waals surface area contributed by atoms with Crippen LogP contribution in [0.3, 0.4) is 0 Å². The molecule has 0 aromatic heterocycles. The zero-order chi connectivity index (χ0) is 28.3. The third kappa shape index (κ3) is 6.04. The quantitative estimate of drug-likeness (QED) is 0.161. The first-order valence-electron chi connectivity index (χ1n) is 13.6. The summed E-state index contributed by atoms with van der Waals surface area (Å²) in [6, 6.07) is 48.6. The van der Waals surface area contributed by atoms with Crippen molar-refractivity contribution in [2.45, 2.75) is 6.92 Å². The van der Waals surface area contributed by atoms with E-state index in [1.165, 1.54) is 0 Å². The summed E-state index contributed by atoms with van der Waals surface area (Å²) in [7, 11) is 0. The minimum Gasteiger partial charge on any atom is -0.509 e. The van der Waals surface area contributed by atoms with Gasteiger partial charge in [0, 0.05) is 28.4 Å². The van der Waals surface area contributed by atoms with E-state index in [1.807, 2.05) is 121 Å². The van der Waals surface area contributed by atoms with Gasteiger partial charge in [0.2, 0.25) is 0 Å². The van der Waals surface area contributed by atoms with Gasteiger partial charge in [-0.3, -0.25) is 0 Å². The van der Waals surface area contributed by atoms with Gasteiger partial charge in [0.15, 0.2) is 0 Å². The number of benzene rings is 5. The normalized spacial score (nSPS) is 14.3. The molecule has 43 heavy (non-hydrogen) atoms. The molecule has 0 radical (unpaired) electrons. The molecular weight excluding hydrogens is 716 g/mol. The zero-order valence-electron chi connectivity index (χ0n) is 23.2. The Labute approximate surface area is 266 Å². The average Bonchev–Trinajstić information content (AvgIpc) is 3.67. The summed E-state index contributed by atoms with van der Waals surface area (Å²) in [6.07, 6.45) is 0. The maximum atomic E-state index is 6.22. The molecule has 0 N–H and O–H groups in total. The van der Waals surface area contributed by atoms with Gasteiger partial charge in [0.05, 0.1) is 5.84 Å². The molecule has 0 amide bonds. The Balaban J connectivity index is 0.00000329. The van der Waals surface area contributed by atoms with Crippen molar-refractivity contribution in [3.05, 3.63) is 158 Å². The summed E-state index contributed by atoms with van der Waals surface area (Å²) >= 11 is 0. The van der Waals surface area contributed by atoms with Crippen LogP contribution in [0.1, 0.15) is 12.5 Å². The number of rotatable bonds is 7. The van der Waals surface area contributed by atoms with Crippen LogP contribution in [-0.2, 0) is 21.1 Å². The third-order valence-corrected chi connectivity index (χ3v) is 6.80. The summed E-state index contributed by atoms with van der Waals surface area (Å²) in [6.45, 7) is 5.88. The summed E-state index contributed by atoms with van der Waals surface area (Å²) in [5, 5.41) is 13.2. The molecule has 0 spiro atoms. The van der Waals surface area contributed by atoms with E-state index in [2.05, 4.69) is 53.4 Å². The topological polar surface area (TPSA) is 46.9 Å². The van der Waals surface area contributed by atoms with Crippen LogP contribution in [-0.4, -0.2) is 11.7 Å². The van der Waals surface area contributed by atoms with Crippen molar-refractivity contribution in [1.29, 1.82) is 0 Å². The van der Waals surface area contributed by atoms with Crippen molar-refractivity contribution >= 4 is 34.4 Å². The second-order valence-corrected chi connectivity index (χ2v) is 9.67. The van der Waals surface area contributed by atoms with Gasteiger partial charge in [-0.15, -0.1) is 49.7 Å². The summed E-state index contributed by atoms with van der Waals surface area (Å²) in [4.78, 5) is 4.11. The molecular formula is C35H26N6OPt. The SMILES string of the molecule is CC1=NN(c2[c-]c(Oc3[c-]c(N4[CH-]N(c5ccccc5)C(c5ccccc5)=N4)ccc3)ccc2)[CH-]N1c1ccccc1.[Pt+4]. The van der Waals surface area contributed by atoms with E-state index in [0.717, 1.165) is 40.0 Å². The minimum absolute atomic E-state index is 0. The summed E-state index contributed by atoms with van der Waals surface area (Å²) < 4.78 is 6.22. The predicted octanol–water partition coefficient (Wildman–Crippen LogP) is 7.66. The van der Waals surface area contributed by atoms with E-state index >= 15 is 0 Å². The number of ether oxygens (including phenoxy) is 1. The minimum atomic E-state index is 0. The molecule has 5 aromatic carbocycles. The standard InChI is InChI=1S/C35H26N6O.Pt/c1-27-36-40(25-38(27)29-15-7-3-8-16-29)31-19-11-21-33(23-31)42-34-22-12-20-32(24-34)41-26-39(30-17-9-4-10-18-30)35(37-41)28-13-5-2-6-14-28;/h2-22,25-26H,1H3;/q-4;+4. The zero-order valence-corrected chi connectivity index (χ0v) is 25.5. The second kappa shape index (κ2) is 12.6. The Morgan fingerprint density at radius 2 is 1.05 bits per heavy atom. The molecule has 2 heterocycles. The predicted molar refractivity (Wildman–Crippen MR) is 168 cm³/mol. The molecule has 0 unspecified atom stereocenters. The fourth-order valence-electron chi connectivity index (χ4n) is 4.78. The van der Waals surface area contributed by atoms with Gasteiger partial charge in [-0.05, 0) is 31.2 Å². The fourth-order valence-corrected chi connectivity index (χ4v) is 4.78. The van der Waals surface area contributed by atoms with Crippen molar-refractivity contribution in [1.82, 2.24) is 0 Å². The molecule has 0 bridgehead atoms. The third-order valence-electron chi connectivity index (χ3n) is 6.80. The smallest absolute Gasteiger partial charge is 0.509 e. The maximum Gasteiger partial charge on any atom is 4.00 e. The van der Waals surface area contributed by atoms with Crippen LogP contribution in [0.4, 0.5) is 22.7 Å². The van der Waals surface area contributed by atoms with E-state index in [4.69, 9.17) is 14.9 Å². The number of nitrogens with zero attached hydrogens (tertiary/aromatic N) is 6. The van der Waals surface area contributed by atoms with Crippen molar-refractivity contribution in [2.75, 3.05) is 19.8 Å². The van der Waals surface area contributed by atoms with E-state index in [1.54, 1.807) is 5.01 Å². The second-order valence-electron chi connectivity index (χ2n) is 9.67. The monoisotopic (exact) mass is 741 g/mol. The average molecular weight is 742 g/mol. The van der Waals surface area contributed by atoms with Crippen LogP contribution in [0.5, 0.6) is 11.5 Å². The Kier molecular flexibility index (Phi) is 8.25. The van der Waals surface area contributed by atoms with Gasteiger partial charge in [-0.25, -0.2) is 0 Å². The van der Waals surface area contributed by atoms with E-state index in [0.29, 0.717) is 11.5 Å². The fraction of sp³-hybridized carbons (Fsp3) is 0.0286. The van der Waals surface area contributed by atoms with Gasteiger partial charge >= 0.3 is 21.1 Å². The Bertz CT molecular complexity index is 1750. The van der Waals surface area contributed by atoms with Crippen molar-refractivity contribution < 1.29 is 25.8 Å². The van der Waals surface area contributed by atoms with Crippen LogP contribution in [0.25, 0.3) is 0 Å². The first kappa shape index (κ1) is 28.3. The largest absolute Gasteiger partial charge is 4.00 e. The molecule has 2 aliphatic rings. The van der Waals surface area contributed by atoms with E-state index < -0.39 is 0 Å². The van der Waals surface area contributed by atoms with Gasteiger partial charge in [-0.2, -0.15) is 22.3 Å². The van der Waals surface area contributed by atoms with Gasteiger partial charge in [0.1, 0.15) is 5.84 Å². The van der Waals surface area contributed by atoms with Crippen LogP contribution < -0.4 is 24.6 Å². The summed E-state index contributed by atoms with van der Waals surface area (Å²) in [5.74, 6) is 2.80. The van der Waals surface area contributed by atoms with Crippen LogP contribution >= 0.6 is 0 Å². The van der Waals surface area contributed by atoms with Gasteiger partial charge < -0.3 is 24.6 Å². The van der Waals surface area contributed by atoms with Crippen LogP contribution in [0, 0.1) is 25.5 Å². The molecule has 2 aliphatic heterocycles. The first-order chi connectivity index (χ1) is 20.7. The molecule has 0 fully saturated rings. The number of amidine groups is 2. The van der Waals surface area contributed by atoms with Crippen molar-refractivity contribution in [2.24, 2.45) is 10.2 Å². The number of para-hydroxylation sites is 2. The maximum absolute atomic E-state index is 6.22. The number of anilines is 4. The molecule has 7 nitrogen and oxygen atoms in total.